The molecule has 0 aliphatic heterocycles. The smallest absolute Gasteiger partial charge is 0.153 e. The standard InChI is InChI=1S/C13H8Br2FN3/c14-9-2-1-5-19-12(17)11(18-13(9)19)8-4-3-7(16)6-10(8)15/h1-6H,17H2. The summed E-state index contributed by atoms with van der Waals surface area (Å²) in [7, 11) is 0. The highest BCUT2D eigenvalue weighted by Gasteiger charge is 2.15. The molecule has 0 saturated heterocycles. The number of hydrogen-bond donors (Lipinski definition) is 1. The second-order valence-corrected chi connectivity index (χ2v) is 5.73. The lowest BCUT2D eigenvalue weighted by atomic mass is 10.1. The number of benzene rings is 1. The van der Waals surface area contributed by atoms with Crippen molar-refractivity contribution in [3.63, 3.8) is 0 Å². The Kier molecular flexibility index (Phi) is 3.06. The number of rotatable bonds is 1. The molecule has 0 aliphatic carbocycles. The zero-order valence-electron chi connectivity index (χ0n) is 9.57. The molecule has 6 heteroatoms. The lowest BCUT2D eigenvalue weighted by Crippen LogP contribution is -1.94. The molecule has 3 aromatic rings. The summed E-state index contributed by atoms with van der Waals surface area (Å²) < 4.78 is 16.4. The first-order chi connectivity index (χ1) is 9.08. The Morgan fingerprint density at radius 2 is 1.95 bits per heavy atom. The van der Waals surface area contributed by atoms with Gasteiger partial charge in [0.1, 0.15) is 17.3 Å². The van der Waals surface area contributed by atoms with Gasteiger partial charge in [0.15, 0.2) is 5.65 Å². The highest BCUT2D eigenvalue weighted by atomic mass is 79.9. The summed E-state index contributed by atoms with van der Waals surface area (Å²) in [4.78, 5) is 4.51. The van der Waals surface area contributed by atoms with Crippen LogP contribution in [-0.2, 0) is 0 Å². The van der Waals surface area contributed by atoms with Gasteiger partial charge in [-0.15, -0.1) is 0 Å². The summed E-state index contributed by atoms with van der Waals surface area (Å²) >= 11 is 6.77. The van der Waals surface area contributed by atoms with Crippen LogP contribution in [0.25, 0.3) is 16.9 Å². The average molecular weight is 385 g/mol. The molecule has 2 aromatic heterocycles. The van der Waals surface area contributed by atoms with Crippen LogP contribution in [0.5, 0.6) is 0 Å². The molecule has 0 amide bonds. The van der Waals surface area contributed by atoms with E-state index in [9.17, 15) is 4.39 Å². The van der Waals surface area contributed by atoms with Crippen LogP contribution in [0.1, 0.15) is 0 Å². The number of imidazole rings is 1. The molecular weight excluding hydrogens is 377 g/mol. The molecule has 2 heterocycles. The van der Waals surface area contributed by atoms with Crippen molar-refractivity contribution < 1.29 is 4.39 Å². The average Bonchev–Trinajstić information content (AvgIpc) is 2.69. The molecule has 0 spiro atoms. The van der Waals surface area contributed by atoms with Gasteiger partial charge in [-0.3, -0.25) is 4.40 Å². The van der Waals surface area contributed by atoms with Gasteiger partial charge in [0.2, 0.25) is 0 Å². The molecule has 2 N–H and O–H groups in total. The van der Waals surface area contributed by atoms with E-state index in [4.69, 9.17) is 5.73 Å². The van der Waals surface area contributed by atoms with Crippen molar-refractivity contribution in [2.24, 2.45) is 0 Å². The van der Waals surface area contributed by atoms with Crippen molar-refractivity contribution in [2.75, 3.05) is 5.73 Å². The molecule has 0 fully saturated rings. The SMILES string of the molecule is Nc1c(-c2ccc(F)cc2Br)nc2c(Br)cccn12. The number of anilines is 1. The van der Waals surface area contributed by atoms with Crippen molar-refractivity contribution in [1.82, 2.24) is 9.38 Å². The second-order valence-electron chi connectivity index (χ2n) is 4.02. The number of pyridine rings is 1. The minimum atomic E-state index is -0.306. The number of aromatic nitrogens is 2. The molecule has 3 rings (SSSR count). The Labute approximate surface area is 125 Å². The maximum atomic E-state index is 13.1. The monoisotopic (exact) mass is 383 g/mol. The summed E-state index contributed by atoms with van der Waals surface area (Å²) in [5, 5.41) is 0. The third-order valence-electron chi connectivity index (χ3n) is 2.83. The maximum Gasteiger partial charge on any atom is 0.153 e. The Bertz CT molecular complexity index is 783. The van der Waals surface area contributed by atoms with Crippen LogP contribution in [0.3, 0.4) is 0 Å². The summed E-state index contributed by atoms with van der Waals surface area (Å²) in [5.74, 6) is 0.211. The largest absolute Gasteiger partial charge is 0.383 e. The minimum Gasteiger partial charge on any atom is -0.383 e. The highest BCUT2D eigenvalue weighted by Crippen LogP contribution is 2.34. The minimum absolute atomic E-state index is 0.306. The number of hydrogen-bond acceptors (Lipinski definition) is 2. The van der Waals surface area contributed by atoms with E-state index in [1.54, 1.807) is 10.5 Å². The molecule has 0 atom stereocenters. The Hall–Kier alpha value is -1.40. The molecule has 0 bridgehead atoms. The predicted molar refractivity (Wildman–Crippen MR) is 80.4 cm³/mol. The first-order valence-corrected chi connectivity index (χ1v) is 7.04. The fourth-order valence-corrected chi connectivity index (χ4v) is 2.90. The van der Waals surface area contributed by atoms with E-state index >= 15 is 0 Å². The van der Waals surface area contributed by atoms with Crippen LogP contribution >= 0.6 is 31.9 Å². The van der Waals surface area contributed by atoms with Gasteiger partial charge in [-0.1, -0.05) is 0 Å². The summed E-state index contributed by atoms with van der Waals surface area (Å²) in [6.07, 6.45) is 1.84. The molecule has 0 saturated carbocycles. The van der Waals surface area contributed by atoms with Crippen molar-refractivity contribution in [3.8, 4) is 11.3 Å². The third kappa shape index (κ3) is 2.04. The number of nitrogen functional groups attached to an aromatic ring is 1. The van der Waals surface area contributed by atoms with E-state index in [1.165, 1.54) is 12.1 Å². The third-order valence-corrected chi connectivity index (χ3v) is 4.10. The zero-order chi connectivity index (χ0) is 13.6. The topological polar surface area (TPSA) is 43.3 Å². The molecule has 96 valence electrons. The van der Waals surface area contributed by atoms with Crippen molar-refractivity contribution >= 4 is 43.3 Å². The van der Waals surface area contributed by atoms with Crippen molar-refractivity contribution in [3.05, 3.63) is 51.3 Å². The van der Waals surface area contributed by atoms with Crippen molar-refractivity contribution in [1.29, 1.82) is 0 Å². The van der Waals surface area contributed by atoms with Crippen LogP contribution in [0.4, 0.5) is 10.2 Å². The van der Waals surface area contributed by atoms with Gasteiger partial charge < -0.3 is 5.73 Å². The number of nitrogens with two attached hydrogens (primary N) is 1. The molecule has 0 radical (unpaired) electrons. The molecule has 0 aliphatic rings. The number of nitrogens with zero attached hydrogens (tertiary/aromatic N) is 2. The second kappa shape index (κ2) is 4.61. The zero-order valence-corrected chi connectivity index (χ0v) is 12.7. The fraction of sp³-hybridized carbons (Fsp3) is 0. The van der Waals surface area contributed by atoms with Gasteiger partial charge in [0.25, 0.3) is 0 Å². The summed E-state index contributed by atoms with van der Waals surface area (Å²) in [6, 6.07) is 8.21. The van der Waals surface area contributed by atoms with E-state index in [2.05, 4.69) is 36.8 Å². The highest BCUT2D eigenvalue weighted by molar-refractivity contribution is 9.11. The number of fused-ring (bicyclic) bond motifs is 1. The number of halogens is 3. The molecule has 0 unspecified atom stereocenters. The predicted octanol–water partition coefficient (Wildman–Crippen LogP) is 4.25. The summed E-state index contributed by atoms with van der Waals surface area (Å²) in [6.45, 7) is 0. The first-order valence-electron chi connectivity index (χ1n) is 5.45. The van der Waals surface area contributed by atoms with Crippen molar-refractivity contribution in [2.45, 2.75) is 0 Å². The Morgan fingerprint density at radius 3 is 2.63 bits per heavy atom. The van der Waals surface area contributed by atoms with Crippen LogP contribution in [-0.4, -0.2) is 9.38 Å². The molecular formula is C13H8Br2FN3. The lowest BCUT2D eigenvalue weighted by molar-refractivity contribution is 0.627. The fourth-order valence-electron chi connectivity index (χ4n) is 1.93. The van der Waals surface area contributed by atoms with Crippen LogP contribution in [0, 0.1) is 5.82 Å². The van der Waals surface area contributed by atoms with Gasteiger partial charge in [-0.25, -0.2) is 9.37 Å². The molecule has 1 aromatic carbocycles. The Balaban J connectivity index is 2.31. The van der Waals surface area contributed by atoms with E-state index in [-0.39, 0.29) is 5.82 Å². The quantitative estimate of drug-likeness (QED) is 0.681. The summed E-state index contributed by atoms with van der Waals surface area (Å²) in [5.41, 5.74) is 8.22. The molecule has 19 heavy (non-hydrogen) atoms. The van der Waals surface area contributed by atoms with Gasteiger partial charge in [0.05, 0.1) is 4.47 Å². The van der Waals surface area contributed by atoms with E-state index in [1.807, 2.05) is 18.3 Å². The molecule has 3 nitrogen and oxygen atoms in total. The van der Waals surface area contributed by atoms with Crippen LogP contribution in [0.2, 0.25) is 0 Å². The maximum absolute atomic E-state index is 13.1. The van der Waals surface area contributed by atoms with Gasteiger partial charge in [0, 0.05) is 16.2 Å². The van der Waals surface area contributed by atoms with E-state index in [0.29, 0.717) is 16.0 Å². The Morgan fingerprint density at radius 1 is 1.16 bits per heavy atom. The van der Waals surface area contributed by atoms with E-state index in [0.717, 1.165) is 15.7 Å². The van der Waals surface area contributed by atoms with Gasteiger partial charge in [-0.2, -0.15) is 0 Å². The van der Waals surface area contributed by atoms with Crippen LogP contribution < -0.4 is 5.73 Å². The van der Waals surface area contributed by atoms with E-state index < -0.39 is 0 Å². The van der Waals surface area contributed by atoms with Crippen LogP contribution in [0.15, 0.2) is 45.5 Å². The lowest BCUT2D eigenvalue weighted by Gasteiger charge is -2.02. The van der Waals surface area contributed by atoms with Gasteiger partial charge in [-0.05, 0) is 62.2 Å². The van der Waals surface area contributed by atoms with Gasteiger partial charge >= 0.3 is 0 Å². The normalized spacial score (nSPS) is 11.1. The first kappa shape index (κ1) is 12.6.